The van der Waals surface area contributed by atoms with Crippen molar-refractivity contribution in [2.24, 2.45) is 0 Å². The summed E-state index contributed by atoms with van der Waals surface area (Å²) in [5, 5.41) is 8.71. The number of benzene rings is 1. The number of aromatic nitrogens is 1. The fourth-order valence-electron chi connectivity index (χ4n) is 1.65. The molecule has 0 bridgehead atoms. The summed E-state index contributed by atoms with van der Waals surface area (Å²) in [4.78, 5) is 6.16. The highest BCUT2D eigenvalue weighted by molar-refractivity contribution is 9.10. The van der Waals surface area contributed by atoms with Gasteiger partial charge in [-0.25, -0.2) is 4.98 Å². The van der Waals surface area contributed by atoms with Crippen molar-refractivity contribution in [2.75, 3.05) is 11.9 Å². The summed E-state index contributed by atoms with van der Waals surface area (Å²) in [5.74, 6) is 0. The van der Waals surface area contributed by atoms with Crippen LogP contribution in [-0.4, -0.2) is 12.0 Å². The molecule has 0 N–H and O–H groups in total. The van der Waals surface area contributed by atoms with Crippen molar-refractivity contribution in [2.45, 2.75) is 6.54 Å². The van der Waals surface area contributed by atoms with Crippen LogP contribution in [-0.2, 0) is 6.54 Å². The Morgan fingerprint density at radius 3 is 2.67 bits per heavy atom. The lowest BCUT2D eigenvalue weighted by atomic mass is 10.2. The van der Waals surface area contributed by atoms with E-state index >= 15 is 0 Å². The molecule has 0 aliphatic rings. The molecule has 0 amide bonds. The Balaban J connectivity index is 2.15. The zero-order chi connectivity index (χ0) is 13.0. The molecule has 0 saturated carbocycles. The van der Waals surface area contributed by atoms with E-state index in [1.54, 1.807) is 12.3 Å². The molecular formula is C14H12BrN3. The zero-order valence-electron chi connectivity index (χ0n) is 9.97. The number of hydrogen-bond acceptors (Lipinski definition) is 3. The molecule has 0 spiro atoms. The predicted octanol–water partition coefficient (Wildman–Crippen LogP) is 3.35. The smallest absolute Gasteiger partial charge is 0.140 e. The molecule has 90 valence electrons. The lowest BCUT2D eigenvalue weighted by molar-refractivity contribution is 0.913. The van der Waals surface area contributed by atoms with Gasteiger partial charge in [-0.05, 0) is 23.8 Å². The van der Waals surface area contributed by atoms with Crippen molar-refractivity contribution in [3.63, 3.8) is 0 Å². The molecule has 0 aliphatic heterocycles. The average Bonchev–Trinajstić information content (AvgIpc) is 2.41. The summed E-state index contributed by atoms with van der Waals surface area (Å²) in [6, 6.07) is 13.8. The van der Waals surface area contributed by atoms with Gasteiger partial charge in [0.1, 0.15) is 11.8 Å². The van der Waals surface area contributed by atoms with E-state index in [1.807, 2.05) is 37.4 Å². The fourth-order valence-corrected chi connectivity index (χ4v) is 2.06. The van der Waals surface area contributed by atoms with Crippen molar-refractivity contribution in [3.05, 3.63) is 58.3 Å². The second-order valence-corrected chi connectivity index (χ2v) is 4.82. The highest BCUT2D eigenvalue weighted by atomic mass is 79.9. The molecule has 4 heteroatoms. The van der Waals surface area contributed by atoms with E-state index in [0.717, 1.165) is 16.7 Å². The standard InChI is InChI=1S/C14H12BrN3/c1-18(10-11-4-2-3-5-14(11)15)13-7-6-12(8-16)17-9-13/h2-7,9H,10H2,1H3. The highest BCUT2D eigenvalue weighted by Crippen LogP contribution is 2.20. The molecule has 0 atom stereocenters. The van der Waals surface area contributed by atoms with Gasteiger partial charge in [0.15, 0.2) is 0 Å². The molecule has 3 nitrogen and oxygen atoms in total. The van der Waals surface area contributed by atoms with Gasteiger partial charge in [-0.1, -0.05) is 34.1 Å². The van der Waals surface area contributed by atoms with Crippen LogP contribution < -0.4 is 4.90 Å². The summed E-state index contributed by atoms with van der Waals surface area (Å²) in [6.45, 7) is 0.787. The van der Waals surface area contributed by atoms with Crippen LogP contribution in [0.15, 0.2) is 47.1 Å². The lowest BCUT2D eigenvalue weighted by Gasteiger charge is -2.19. The maximum Gasteiger partial charge on any atom is 0.140 e. The topological polar surface area (TPSA) is 39.9 Å². The monoisotopic (exact) mass is 301 g/mol. The number of hydrogen-bond donors (Lipinski definition) is 0. The van der Waals surface area contributed by atoms with Crippen LogP contribution in [0.4, 0.5) is 5.69 Å². The maximum absolute atomic E-state index is 8.71. The third kappa shape index (κ3) is 2.88. The maximum atomic E-state index is 8.71. The third-order valence-corrected chi connectivity index (χ3v) is 3.44. The van der Waals surface area contributed by atoms with Gasteiger partial charge in [0.25, 0.3) is 0 Å². The number of rotatable bonds is 3. The van der Waals surface area contributed by atoms with E-state index in [4.69, 9.17) is 5.26 Å². The zero-order valence-corrected chi connectivity index (χ0v) is 11.6. The minimum Gasteiger partial charge on any atom is -0.369 e. The van der Waals surface area contributed by atoms with Gasteiger partial charge in [-0.15, -0.1) is 0 Å². The van der Waals surface area contributed by atoms with Gasteiger partial charge in [-0.2, -0.15) is 5.26 Å². The van der Waals surface area contributed by atoms with Gasteiger partial charge < -0.3 is 4.90 Å². The van der Waals surface area contributed by atoms with E-state index in [1.165, 1.54) is 5.56 Å². The molecule has 18 heavy (non-hydrogen) atoms. The van der Waals surface area contributed by atoms with Crippen LogP contribution in [0.2, 0.25) is 0 Å². The molecule has 0 unspecified atom stereocenters. The summed E-state index contributed by atoms with van der Waals surface area (Å²) in [7, 11) is 2.00. The summed E-state index contributed by atoms with van der Waals surface area (Å²) in [5.41, 5.74) is 2.64. The first-order chi connectivity index (χ1) is 8.70. The first kappa shape index (κ1) is 12.6. The van der Waals surface area contributed by atoms with Crippen molar-refractivity contribution >= 4 is 21.6 Å². The Bertz CT molecular complexity index is 572. The van der Waals surface area contributed by atoms with Crippen LogP contribution in [0.3, 0.4) is 0 Å². The lowest BCUT2D eigenvalue weighted by Crippen LogP contribution is -2.16. The van der Waals surface area contributed by atoms with Crippen molar-refractivity contribution in [3.8, 4) is 6.07 Å². The summed E-state index contributed by atoms with van der Waals surface area (Å²) >= 11 is 3.53. The largest absolute Gasteiger partial charge is 0.369 e. The minimum absolute atomic E-state index is 0.438. The number of nitrogens with zero attached hydrogens (tertiary/aromatic N) is 3. The SMILES string of the molecule is CN(Cc1ccccc1Br)c1ccc(C#N)nc1. The number of nitriles is 1. The van der Waals surface area contributed by atoms with Crippen LogP contribution in [0.5, 0.6) is 0 Å². The second kappa shape index (κ2) is 5.65. The number of halogens is 1. The van der Waals surface area contributed by atoms with Crippen molar-refractivity contribution < 1.29 is 0 Å². The van der Waals surface area contributed by atoms with Crippen LogP contribution in [0, 0.1) is 11.3 Å². The van der Waals surface area contributed by atoms with Gasteiger partial charge in [-0.3, -0.25) is 0 Å². The molecule has 2 rings (SSSR count). The van der Waals surface area contributed by atoms with Gasteiger partial charge in [0.2, 0.25) is 0 Å². The normalized spacial score (nSPS) is 9.83. The van der Waals surface area contributed by atoms with Gasteiger partial charge >= 0.3 is 0 Å². The molecule has 0 fully saturated rings. The third-order valence-electron chi connectivity index (χ3n) is 2.67. The average molecular weight is 302 g/mol. The first-order valence-electron chi connectivity index (χ1n) is 5.51. The van der Waals surface area contributed by atoms with Gasteiger partial charge in [0.05, 0.1) is 11.9 Å². The Kier molecular flexibility index (Phi) is 3.96. The highest BCUT2D eigenvalue weighted by Gasteiger charge is 2.05. The molecule has 0 saturated heterocycles. The Morgan fingerprint density at radius 1 is 1.28 bits per heavy atom. The number of anilines is 1. The van der Waals surface area contributed by atoms with E-state index in [0.29, 0.717) is 5.69 Å². The van der Waals surface area contributed by atoms with E-state index in [9.17, 15) is 0 Å². The minimum atomic E-state index is 0.438. The fraction of sp³-hybridized carbons (Fsp3) is 0.143. The molecule has 0 aliphatic carbocycles. The van der Waals surface area contributed by atoms with Crippen LogP contribution >= 0.6 is 15.9 Å². The summed E-state index contributed by atoms with van der Waals surface area (Å²) < 4.78 is 1.10. The molecule has 1 aromatic carbocycles. The molecule has 2 aromatic rings. The molecule has 1 heterocycles. The number of pyridine rings is 1. The Hall–Kier alpha value is -1.86. The van der Waals surface area contributed by atoms with Crippen LogP contribution in [0.25, 0.3) is 0 Å². The predicted molar refractivity (Wildman–Crippen MR) is 75.2 cm³/mol. The molecular weight excluding hydrogens is 290 g/mol. The second-order valence-electron chi connectivity index (χ2n) is 3.96. The van der Waals surface area contributed by atoms with E-state index < -0.39 is 0 Å². The van der Waals surface area contributed by atoms with E-state index in [2.05, 4.69) is 31.9 Å². The Labute approximate surface area is 115 Å². The van der Waals surface area contributed by atoms with Crippen molar-refractivity contribution in [1.82, 2.24) is 4.98 Å². The van der Waals surface area contributed by atoms with Gasteiger partial charge in [0, 0.05) is 18.1 Å². The summed E-state index contributed by atoms with van der Waals surface area (Å²) in [6.07, 6.45) is 1.72. The molecule has 1 aromatic heterocycles. The van der Waals surface area contributed by atoms with E-state index in [-0.39, 0.29) is 0 Å². The molecule has 0 radical (unpaired) electrons. The van der Waals surface area contributed by atoms with Crippen molar-refractivity contribution in [1.29, 1.82) is 5.26 Å². The quantitative estimate of drug-likeness (QED) is 0.873. The first-order valence-corrected chi connectivity index (χ1v) is 6.30. The Morgan fingerprint density at radius 2 is 2.06 bits per heavy atom. The van der Waals surface area contributed by atoms with Crippen LogP contribution in [0.1, 0.15) is 11.3 Å².